The lowest BCUT2D eigenvalue weighted by molar-refractivity contribution is 0.120. The van der Waals surface area contributed by atoms with Gasteiger partial charge in [-0.2, -0.15) is 0 Å². The van der Waals surface area contributed by atoms with E-state index in [4.69, 9.17) is 14.2 Å². The molecule has 0 aliphatic carbocycles. The van der Waals surface area contributed by atoms with Gasteiger partial charge in [-0.1, -0.05) is 0 Å². The summed E-state index contributed by atoms with van der Waals surface area (Å²) in [5, 5.41) is 6.53. The Labute approximate surface area is 141 Å². The van der Waals surface area contributed by atoms with Crippen LogP contribution in [0.1, 0.15) is 12.8 Å². The number of hydrogen-bond acceptors (Lipinski definition) is 7. The monoisotopic (exact) mass is 330 g/mol. The van der Waals surface area contributed by atoms with E-state index in [9.17, 15) is 0 Å². The molecule has 0 spiro atoms. The number of methoxy groups -OCH3 is 2. The Bertz CT molecular complexity index is 675. The van der Waals surface area contributed by atoms with E-state index < -0.39 is 0 Å². The summed E-state index contributed by atoms with van der Waals surface area (Å²) in [5.41, 5.74) is 0.858. The van der Waals surface area contributed by atoms with Crippen molar-refractivity contribution in [3.8, 4) is 11.5 Å². The fourth-order valence-corrected chi connectivity index (χ4v) is 2.61. The molecule has 0 saturated carbocycles. The van der Waals surface area contributed by atoms with Crippen LogP contribution in [0, 0.1) is 0 Å². The Morgan fingerprint density at radius 1 is 1.12 bits per heavy atom. The smallest absolute Gasteiger partial charge is 0.162 e. The zero-order chi connectivity index (χ0) is 16.8. The molecule has 1 fully saturated rings. The molecule has 1 aromatic heterocycles. The summed E-state index contributed by atoms with van der Waals surface area (Å²) in [7, 11) is 3.22. The molecule has 128 valence electrons. The molecular weight excluding hydrogens is 308 g/mol. The second kappa shape index (κ2) is 7.83. The van der Waals surface area contributed by atoms with Gasteiger partial charge in [-0.25, -0.2) is 9.97 Å². The average Bonchev–Trinajstić information content (AvgIpc) is 3.14. The second-order valence-corrected chi connectivity index (χ2v) is 5.50. The minimum absolute atomic E-state index is 0.266. The molecular formula is C17H22N4O3. The van der Waals surface area contributed by atoms with Crippen molar-refractivity contribution >= 4 is 17.3 Å². The van der Waals surface area contributed by atoms with Crippen LogP contribution >= 0.6 is 0 Å². The third kappa shape index (κ3) is 4.05. The Morgan fingerprint density at radius 3 is 2.71 bits per heavy atom. The Morgan fingerprint density at radius 2 is 1.96 bits per heavy atom. The largest absolute Gasteiger partial charge is 0.493 e. The number of benzene rings is 1. The van der Waals surface area contributed by atoms with E-state index in [-0.39, 0.29) is 6.10 Å². The van der Waals surface area contributed by atoms with E-state index in [1.807, 2.05) is 24.3 Å². The lowest BCUT2D eigenvalue weighted by Crippen LogP contribution is -2.19. The van der Waals surface area contributed by atoms with Gasteiger partial charge in [0.15, 0.2) is 11.5 Å². The van der Waals surface area contributed by atoms with E-state index in [1.54, 1.807) is 14.2 Å². The maximum Gasteiger partial charge on any atom is 0.162 e. The Hall–Kier alpha value is -2.54. The number of nitrogens with one attached hydrogen (secondary N) is 2. The summed E-state index contributed by atoms with van der Waals surface area (Å²) in [4.78, 5) is 8.49. The van der Waals surface area contributed by atoms with Crippen LogP contribution in [0.25, 0.3) is 0 Å². The second-order valence-electron chi connectivity index (χ2n) is 5.50. The highest BCUT2D eigenvalue weighted by Crippen LogP contribution is 2.30. The lowest BCUT2D eigenvalue weighted by Gasteiger charge is -2.13. The summed E-state index contributed by atoms with van der Waals surface area (Å²) in [6.45, 7) is 1.61. The van der Waals surface area contributed by atoms with Gasteiger partial charge in [-0.05, 0) is 25.0 Å². The van der Waals surface area contributed by atoms with E-state index in [2.05, 4.69) is 20.6 Å². The van der Waals surface area contributed by atoms with Crippen molar-refractivity contribution in [3.05, 3.63) is 30.6 Å². The molecule has 1 aromatic carbocycles. The van der Waals surface area contributed by atoms with Crippen LogP contribution in [0.15, 0.2) is 30.6 Å². The van der Waals surface area contributed by atoms with Crippen molar-refractivity contribution in [2.75, 3.05) is 38.0 Å². The normalized spacial score (nSPS) is 16.7. The van der Waals surface area contributed by atoms with Gasteiger partial charge in [-0.3, -0.25) is 0 Å². The maximum absolute atomic E-state index is 5.60. The van der Waals surface area contributed by atoms with E-state index in [0.29, 0.717) is 17.3 Å². The fourth-order valence-electron chi connectivity index (χ4n) is 2.61. The summed E-state index contributed by atoms with van der Waals surface area (Å²) in [6.07, 6.45) is 4.01. The molecule has 2 heterocycles. The molecule has 2 N–H and O–H groups in total. The summed E-state index contributed by atoms with van der Waals surface area (Å²) in [5.74, 6) is 2.81. The predicted octanol–water partition coefficient (Wildman–Crippen LogP) is 2.83. The van der Waals surface area contributed by atoms with Crippen LogP contribution in [0.3, 0.4) is 0 Å². The molecule has 0 amide bonds. The first-order chi connectivity index (χ1) is 11.8. The number of rotatable bonds is 7. The molecule has 7 nitrogen and oxygen atoms in total. The zero-order valence-electron chi connectivity index (χ0n) is 13.9. The molecule has 3 rings (SSSR count). The van der Waals surface area contributed by atoms with Crippen LogP contribution < -0.4 is 20.1 Å². The topological polar surface area (TPSA) is 77.5 Å². The van der Waals surface area contributed by atoms with Gasteiger partial charge >= 0.3 is 0 Å². The molecule has 1 aliphatic rings. The number of hydrogen-bond donors (Lipinski definition) is 2. The standard InChI is InChI=1S/C17H22N4O3/c1-22-14-6-5-12(8-15(14)23-2)21-17-9-16(19-11-20-17)18-10-13-4-3-7-24-13/h5-6,8-9,11,13H,3-4,7,10H2,1-2H3,(H2,18,19,20,21). The highest BCUT2D eigenvalue weighted by Gasteiger charge is 2.15. The summed E-state index contributed by atoms with van der Waals surface area (Å²) >= 11 is 0. The summed E-state index contributed by atoms with van der Waals surface area (Å²) in [6, 6.07) is 7.48. The number of aromatic nitrogens is 2. The summed E-state index contributed by atoms with van der Waals surface area (Å²) < 4.78 is 16.2. The van der Waals surface area contributed by atoms with Crippen molar-refractivity contribution in [1.29, 1.82) is 0 Å². The van der Waals surface area contributed by atoms with Crippen LogP contribution in [0.5, 0.6) is 11.5 Å². The molecule has 1 saturated heterocycles. The van der Waals surface area contributed by atoms with Gasteiger partial charge in [0.05, 0.1) is 20.3 Å². The minimum Gasteiger partial charge on any atom is -0.493 e. The molecule has 1 unspecified atom stereocenters. The Kier molecular flexibility index (Phi) is 5.32. The van der Waals surface area contributed by atoms with Crippen LogP contribution in [0.2, 0.25) is 0 Å². The molecule has 1 atom stereocenters. The van der Waals surface area contributed by atoms with Gasteiger partial charge in [0.2, 0.25) is 0 Å². The SMILES string of the molecule is COc1ccc(Nc2cc(NCC3CCCO3)ncn2)cc1OC. The van der Waals surface area contributed by atoms with Crippen molar-refractivity contribution in [3.63, 3.8) is 0 Å². The van der Waals surface area contributed by atoms with Gasteiger partial charge in [0, 0.05) is 31.0 Å². The van der Waals surface area contributed by atoms with E-state index >= 15 is 0 Å². The van der Waals surface area contributed by atoms with Crippen molar-refractivity contribution in [2.24, 2.45) is 0 Å². The van der Waals surface area contributed by atoms with Gasteiger partial charge < -0.3 is 24.8 Å². The zero-order valence-corrected chi connectivity index (χ0v) is 13.9. The first-order valence-corrected chi connectivity index (χ1v) is 7.95. The molecule has 0 bridgehead atoms. The van der Waals surface area contributed by atoms with Crippen LogP contribution in [-0.4, -0.2) is 43.4 Å². The Balaban J connectivity index is 1.65. The van der Waals surface area contributed by atoms with Crippen LogP contribution in [-0.2, 0) is 4.74 Å². The van der Waals surface area contributed by atoms with Crippen LogP contribution in [0.4, 0.5) is 17.3 Å². The highest BCUT2D eigenvalue weighted by atomic mass is 16.5. The van der Waals surface area contributed by atoms with Crippen molar-refractivity contribution in [2.45, 2.75) is 18.9 Å². The molecule has 0 radical (unpaired) electrons. The average molecular weight is 330 g/mol. The molecule has 2 aromatic rings. The predicted molar refractivity (Wildman–Crippen MR) is 92.3 cm³/mol. The van der Waals surface area contributed by atoms with E-state index in [1.165, 1.54) is 6.33 Å². The van der Waals surface area contributed by atoms with Crippen molar-refractivity contribution in [1.82, 2.24) is 9.97 Å². The molecule has 24 heavy (non-hydrogen) atoms. The van der Waals surface area contributed by atoms with Gasteiger partial charge in [-0.15, -0.1) is 0 Å². The maximum atomic E-state index is 5.60. The third-order valence-electron chi connectivity index (χ3n) is 3.86. The lowest BCUT2D eigenvalue weighted by atomic mass is 10.2. The van der Waals surface area contributed by atoms with E-state index in [0.717, 1.165) is 37.5 Å². The number of ether oxygens (including phenoxy) is 3. The molecule has 7 heteroatoms. The van der Waals surface area contributed by atoms with Gasteiger partial charge in [0.1, 0.15) is 18.0 Å². The fraction of sp³-hybridized carbons (Fsp3) is 0.412. The first kappa shape index (κ1) is 16.3. The first-order valence-electron chi connectivity index (χ1n) is 7.95. The highest BCUT2D eigenvalue weighted by molar-refractivity contribution is 5.62. The number of anilines is 3. The minimum atomic E-state index is 0.266. The molecule has 1 aliphatic heterocycles. The van der Waals surface area contributed by atoms with Gasteiger partial charge in [0.25, 0.3) is 0 Å². The third-order valence-corrected chi connectivity index (χ3v) is 3.86. The number of nitrogens with zero attached hydrogens (tertiary/aromatic N) is 2. The van der Waals surface area contributed by atoms with Crippen molar-refractivity contribution < 1.29 is 14.2 Å². The quantitative estimate of drug-likeness (QED) is 0.808.